The number of hydrogen-bond donors (Lipinski definition) is 1. The molecule has 1 nitrogen and oxygen atoms in total. The highest BCUT2D eigenvalue weighted by molar-refractivity contribution is 5.18. The molecule has 0 amide bonds. The van der Waals surface area contributed by atoms with Crippen molar-refractivity contribution in [1.29, 1.82) is 0 Å². The third-order valence-electron chi connectivity index (χ3n) is 2.71. The summed E-state index contributed by atoms with van der Waals surface area (Å²) >= 11 is 0. The Labute approximate surface area is 87.3 Å². The van der Waals surface area contributed by atoms with E-state index in [1.54, 1.807) is 0 Å². The molecule has 14 heavy (non-hydrogen) atoms. The maximum absolute atomic E-state index is 5.46. The third kappa shape index (κ3) is 3.93. The van der Waals surface area contributed by atoms with Gasteiger partial charge in [-0.05, 0) is 30.9 Å². The Morgan fingerprint density at radius 2 is 1.79 bits per heavy atom. The van der Waals surface area contributed by atoms with E-state index < -0.39 is 0 Å². The average Bonchev–Trinajstić information content (AvgIpc) is 2.25. The molecule has 1 heteroatoms. The summed E-state index contributed by atoms with van der Waals surface area (Å²) < 4.78 is 0. The molecule has 0 bridgehead atoms. The van der Waals surface area contributed by atoms with Crippen molar-refractivity contribution in [2.45, 2.75) is 38.5 Å². The summed E-state index contributed by atoms with van der Waals surface area (Å²) in [5, 5.41) is 0. The minimum atomic E-state index is 0.689. The Morgan fingerprint density at radius 1 is 1.07 bits per heavy atom. The predicted octanol–water partition coefficient (Wildman–Crippen LogP) is 3.31. The first-order valence-electron chi connectivity index (χ1n) is 5.59. The molecular weight excluding hydrogens is 170 g/mol. The van der Waals surface area contributed by atoms with E-state index in [2.05, 4.69) is 37.3 Å². The molecule has 0 aliphatic heterocycles. The quantitative estimate of drug-likeness (QED) is 0.686. The van der Waals surface area contributed by atoms with Crippen LogP contribution >= 0.6 is 0 Å². The molecule has 0 radical (unpaired) electrons. The van der Waals surface area contributed by atoms with Gasteiger partial charge in [0.05, 0.1) is 0 Å². The van der Waals surface area contributed by atoms with Crippen molar-refractivity contribution in [2.75, 3.05) is 6.54 Å². The molecule has 0 saturated heterocycles. The Morgan fingerprint density at radius 3 is 2.43 bits per heavy atom. The lowest BCUT2D eigenvalue weighted by Gasteiger charge is -2.10. The van der Waals surface area contributed by atoms with E-state index in [1.807, 2.05) is 0 Å². The standard InChI is InChI=1S/C13H21N/c1-12(8-4-3-7-11-14)13-9-5-2-6-10-13/h2,5-6,9-10,12H,3-4,7-8,11,14H2,1H3/t12-/m0/s1. The van der Waals surface area contributed by atoms with E-state index in [4.69, 9.17) is 5.73 Å². The summed E-state index contributed by atoms with van der Waals surface area (Å²) in [6, 6.07) is 10.7. The molecule has 0 aliphatic rings. The van der Waals surface area contributed by atoms with Gasteiger partial charge in [0.1, 0.15) is 0 Å². The van der Waals surface area contributed by atoms with Gasteiger partial charge in [0.15, 0.2) is 0 Å². The van der Waals surface area contributed by atoms with Crippen molar-refractivity contribution >= 4 is 0 Å². The van der Waals surface area contributed by atoms with Crippen LogP contribution in [-0.2, 0) is 0 Å². The highest BCUT2D eigenvalue weighted by atomic mass is 14.5. The molecular formula is C13H21N. The van der Waals surface area contributed by atoms with Gasteiger partial charge in [0.25, 0.3) is 0 Å². The van der Waals surface area contributed by atoms with Gasteiger partial charge in [0, 0.05) is 0 Å². The number of rotatable bonds is 6. The van der Waals surface area contributed by atoms with Gasteiger partial charge in [-0.25, -0.2) is 0 Å². The molecule has 78 valence electrons. The predicted molar refractivity (Wildman–Crippen MR) is 62.4 cm³/mol. The topological polar surface area (TPSA) is 26.0 Å². The van der Waals surface area contributed by atoms with Crippen LogP contribution in [0.2, 0.25) is 0 Å². The zero-order valence-corrected chi connectivity index (χ0v) is 9.08. The number of unbranched alkanes of at least 4 members (excludes halogenated alkanes) is 2. The van der Waals surface area contributed by atoms with E-state index >= 15 is 0 Å². The Balaban J connectivity index is 2.25. The average molecular weight is 191 g/mol. The van der Waals surface area contributed by atoms with E-state index in [9.17, 15) is 0 Å². The van der Waals surface area contributed by atoms with Crippen molar-refractivity contribution in [3.8, 4) is 0 Å². The fourth-order valence-electron chi connectivity index (χ4n) is 1.72. The van der Waals surface area contributed by atoms with Gasteiger partial charge in [-0.2, -0.15) is 0 Å². The first-order valence-corrected chi connectivity index (χ1v) is 5.59. The lowest BCUT2D eigenvalue weighted by Crippen LogP contribution is -1.99. The fraction of sp³-hybridized carbons (Fsp3) is 0.538. The summed E-state index contributed by atoms with van der Waals surface area (Å²) in [5.74, 6) is 0.689. The second-order valence-electron chi connectivity index (χ2n) is 3.95. The van der Waals surface area contributed by atoms with Crippen LogP contribution in [0.25, 0.3) is 0 Å². The van der Waals surface area contributed by atoms with Gasteiger partial charge < -0.3 is 5.73 Å². The molecule has 1 aromatic rings. The van der Waals surface area contributed by atoms with E-state index in [0.29, 0.717) is 5.92 Å². The van der Waals surface area contributed by atoms with Crippen LogP contribution in [0.3, 0.4) is 0 Å². The number of hydrogen-bond acceptors (Lipinski definition) is 1. The Hall–Kier alpha value is -0.820. The molecule has 1 rings (SSSR count). The molecule has 2 N–H and O–H groups in total. The molecule has 0 heterocycles. The summed E-state index contributed by atoms with van der Waals surface area (Å²) in [4.78, 5) is 0. The number of benzene rings is 1. The first kappa shape index (κ1) is 11.3. The van der Waals surface area contributed by atoms with Gasteiger partial charge in [0.2, 0.25) is 0 Å². The molecule has 0 aromatic heterocycles. The molecule has 0 unspecified atom stereocenters. The van der Waals surface area contributed by atoms with Crippen molar-refractivity contribution in [3.63, 3.8) is 0 Å². The third-order valence-corrected chi connectivity index (χ3v) is 2.71. The van der Waals surface area contributed by atoms with Crippen molar-refractivity contribution in [2.24, 2.45) is 5.73 Å². The molecule has 1 atom stereocenters. The summed E-state index contributed by atoms with van der Waals surface area (Å²) in [6.07, 6.45) is 5.02. The van der Waals surface area contributed by atoms with Crippen LogP contribution in [0, 0.1) is 0 Å². The SMILES string of the molecule is C[C@@H](CCCCCN)c1ccccc1. The van der Waals surface area contributed by atoms with E-state index in [1.165, 1.54) is 31.2 Å². The van der Waals surface area contributed by atoms with Crippen LogP contribution in [-0.4, -0.2) is 6.54 Å². The van der Waals surface area contributed by atoms with Crippen molar-refractivity contribution in [1.82, 2.24) is 0 Å². The molecule has 0 saturated carbocycles. The normalized spacial score (nSPS) is 12.7. The van der Waals surface area contributed by atoms with Gasteiger partial charge in [-0.15, -0.1) is 0 Å². The minimum Gasteiger partial charge on any atom is -0.330 e. The summed E-state index contributed by atoms with van der Waals surface area (Å²) in [7, 11) is 0. The van der Waals surface area contributed by atoms with Crippen LogP contribution < -0.4 is 5.73 Å². The molecule has 0 fully saturated rings. The second kappa shape index (κ2) is 6.61. The second-order valence-corrected chi connectivity index (χ2v) is 3.95. The van der Waals surface area contributed by atoms with E-state index in [-0.39, 0.29) is 0 Å². The molecule has 0 spiro atoms. The number of nitrogens with two attached hydrogens (primary N) is 1. The zero-order valence-electron chi connectivity index (χ0n) is 9.08. The summed E-state index contributed by atoms with van der Waals surface area (Å²) in [5.41, 5.74) is 6.92. The zero-order chi connectivity index (χ0) is 10.2. The van der Waals surface area contributed by atoms with Crippen LogP contribution in [0.5, 0.6) is 0 Å². The Kier molecular flexibility index (Phi) is 5.31. The van der Waals surface area contributed by atoms with Gasteiger partial charge in [-0.1, -0.05) is 50.1 Å². The maximum Gasteiger partial charge on any atom is -0.00773 e. The largest absolute Gasteiger partial charge is 0.330 e. The van der Waals surface area contributed by atoms with Gasteiger partial charge >= 0.3 is 0 Å². The first-order chi connectivity index (χ1) is 6.84. The fourth-order valence-corrected chi connectivity index (χ4v) is 1.72. The maximum atomic E-state index is 5.46. The monoisotopic (exact) mass is 191 g/mol. The highest BCUT2D eigenvalue weighted by Crippen LogP contribution is 2.20. The molecule has 1 aromatic carbocycles. The van der Waals surface area contributed by atoms with Gasteiger partial charge in [-0.3, -0.25) is 0 Å². The van der Waals surface area contributed by atoms with Crippen LogP contribution in [0.4, 0.5) is 0 Å². The van der Waals surface area contributed by atoms with Crippen LogP contribution in [0.1, 0.15) is 44.1 Å². The minimum absolute atomic E-state index is 0.689. The van der Waals surface area contributed by atoms with Crippen LogP contribution in [0.15, 0.2) is 30.3 Å². The van der Waals surface area contributed by atoms with Crippen molar-refractivity contribution in [3.05, 3.63) is 35.9 Å². The summed E-state index contributed by atoms with van der Waals surface area (Å²) in [6.45, 7) is 3.14. The Bertz CT molecular complexity index is 230. The lowest BCUT2D eigenvalue weighted by molar-refractivity contribution is 0.588. The molecule has 0 aliphatic carbocycles. The van der Waals surface area contributed by atoms with E-state index in [0.717, 1.165) is 6.54 Å². The highest BCUT2D eigenvalue weighted by Gasteiger charge is 2.03. The van der Waals surface area contributed by atoms with Crippen molar-refractivity contribution < 1.29 is 0 Å². The smallest absolute Gasteiger partial charge is 0.00773 e. The lowest BCUT2D eigenvalue weighted by atomic mass is 9.95.